The normalized spacial score (nSPS) is 17.4. The molecule has 0 bridgehead atoms. The van der Waals surface area contributed by atoms with E-state index >= 15 is 0 Å². The number of rotatable bonds is 8. The van der Waals surface area contributed by atoms with E-state index in [4.69, 9.17) is 4.74 Å². The van der Waals surface area contributed by atoms with E-state index in [2.05, 4.69) is 11.9 Å². The molecule has 0 saturated heterocycles. The van der Waals surface area contributed by atoms with E-state index in [1.54, 1.807) is 6.08 Å². The summed E-state index contributed by atoms with van der Waals surface area (Å²) in [5, 5.41) is 12.0. The standard InChI is InChI=1S/C18H23NO4/c1-2-12-23-13-15(16(20)21)19-17(22)18(10-6-7-11-18)14-8-4-3-5-9-14/h2-5,8-9,15H,1,6-7,10-13H2,(H,19,22)(H,20,21). The van der Waals surface area contributed by atoms with Crippen molar-refractivity contribution >= 4 is 11.9 Å². The maximum atomic E-state index is 12.9. The molecule has 0 radical (unpaired) electrons. The molecule has 1 atom stereocenters. The van der Waals surface area contributed by atoms with Crippen LogP contribution >= 0.6 is 0 Å². The van der Waals surface area contributed by atoms with E-state index in [1.165, 1.54) is 0 Å². The van der Waals surface area contributed by atoms with Gasteiger partial charge in [-0.2, -0.15) is 0 Å². The van der Waals surface area contributed by atoms with E-state index < -0.39 is 17.4 Å². The summed E-state index contributed by atoms with van der Waals surface area (Å²) in [6, 6.07) is 8.55. The molecular formula is C18H23NO4. The maximum Gasteiger partial charge on any atom is 0.328 e. The Morgan fingerprint density at radius 2 is 1.96 bits per heavy atom. The third-order valence-corrected chi connectivity index (χ3v) is 4.34. The van der Waals surface area contributed by atoms with Crippen LogP contribution in [0.5, 0.6) is 0 Å². The number of carboxylic acids is 1. The minimum atomic E-state index is -1.09. The summed E-state index contributed by atoms with van der Waals surface area (Å²) < 4.78 is 5.19. The number of aliphatic carboxylic acids is 1. The smallest absolute Gasteiger partial charge is 0.328 e. The van der Waals surface area contributed by atoms with Gasteiger partial charge in [0.25, 0.3) is 0 Å². The summed E-state index contributed by atoms with van der Waals surface area (Å²) in [6.45, 7) is 3.70. The number of carbonyl (C=O) groups excluding carboxylic acids is 1. The minimum Gasteiger partial charge on any atom is -0.480 e. The van der Waals surface area contributed by atoms with Crippen molar-refractivity contribution in [1.82, 2.24) is 5.32 Å². The molecule has 1 aromatic rings. The highest BCUT2D eigenvalue weighted by Gasteiger charge is 2.43. The monoisotopic (exact) mass is 317 g/mol. The molecule has 1 amide bonds. The fraction of sp³-hybridized carbons (Fsp3) is 0.444. The SMILES string of the molecule is C=CCOCC(NC(=O)C1(c2ccccc2)CCCC1)C(=O)O. The predicted molar refractivity (Wildman–Crippen MR) is 87.2 cm³/mol. The third kappa shape index (κ3) is 3.99. The van der Waals surface area contributed by atoms with Crippen LogP contribution in [0.2, 0.25) is 0 Å². The summed E-state index contributed by atoms with van der Waals surface area (Å²) in [5.74, 6) is -1.32. The number of ether oxygens (including phenoxy) is 1. The quantitative estimate of drug-likeness (QED) is 0.570. The second-order valence-corrected chi connectivity index (χ2v) is 5.85. The topological polar surface area (TPSA) is 75.6 Å². The van der Waals surface area contributed by atoms with Gasteiger partial charge in [-0.3, -0.25) is 4.79 Å². The highest BCUT2D eigenvalue weighted by Crippen LogP contribution is 2.41. The third-order valence-electron chi connectivity index (χ3n) is 4.34. The number of benzene rings is 1. The Labute approximate surface area is 136 Å². The predicted octanol–water partition coefficient (Wildman–Crippen LogP) is 2.27. The Morgan fingerprint density at radius 3 is 2.52 bits per heavy atom. The molecule has 1 aliphatic rings. The highest BCUT2D eigenvalue weighted by molar-refractivity contribution is 5.91. The van der Waals surface area contributed by atoms with Gasteiger partial charge in [0.2, 0.25) is 5.91 Å². The van der Waals surface area contributed by atoms with Crippen LogP contribution in [-0.4, -0.2) is 36.2 Å². The van der Waals surface area contributed by atoms with Crippen molar-refractivity contribution in [3.05, 3.63) is 48.6 Å². The van der Waals surface area contributed by atoms with E-state index in [-0.39, 0.29) is 19.1 Å². The molecule has 1 aromatic carbocycles. The van der Waals surface area contributed by atoms with E-state index in [1.807, 2.05) is 30.3 Å². The van der Waals surface area contributed by atoms with Gasteiger partial charge in [-0.15, -0.1) is 6.58 Å². The summed E-state index contributed by atoms with van der Waals surface area (Å²) in [7, 11) is 0. The van der Waals surface area contributed by atoms with Crippen molar-refractivity contribution in [2.24, 2.45) is 0 Å². The van der Waals surface area contributed by atoms with Gasteiger partial charge in [-0.1, -0.05) is 49.2 Å². The van der Waals surface area contributed by atoms with Crippen LogP contribution in [0.15, 0.2) is 43.0 Å². The lowest BCUT2D eigenvalue weighted by atomic mass is 9.78. The average Bonchev–Trinajstić information content (AvgIpc) is 3.05. The molecule has 1 aliphatic carbocycles. The van der Waals surface area contributed by atoms with Crippen molar-refractivity contribution in [1.29, 1.82) is 0 Å². The van der Waals surface area contributed by atoms with Crippen molar-refractivity contribution in [2.45, 2.75) is 37.1 Å². The van der Waals surface area contributed by atoms with Gasteiger partial charge in [-0.05, 0) is 18.4 Å². The van der Waals surface area contributed by atoms with E-state index in [0.717, 1.165) is 31.2 Å². The second-order valence-electron chi connectivity index (χ2n) is 5.85. The van der Waals surface area contributed by atoms with Gasteiger partial charge >= 0.3 is 5.97 Å². The molecule has 1 saturated carbocycles. The van der Waals surface area contributed by atoms with Crippen LogP contribution in [0.1, 0.15) is 31.2 Å². The fourth-order valence-corrected chi connectivity index (χ4v) is 3.12. The Hall–Kier alpha value is -2.14. The lowest BCUT2D eigenvalue weighted by Crippen LogP contribution is -2.51. The summed E-state index contributed by atoms with van der Waals surface area (Å²) in [6.07, 6.45) is 4.95. The molecule has 2 rings (SSSR count). The number of carboxylic acid groups (broad SMARTS) is 1. The van der Waals surface area contributed by atoms with Crippen molar-refractivity contribution in [3.8, 4) is 0 Å². The van der Waals surface area contributed by atoms with Crippen LogP contribution in [-0.2, 0) is 19.7 Å². The lowest BCUT2D eigenvalue weighted by Gasteiger charge is -2.30. The molecule has 5 nitrogen and oxygen atoms in total. The minimum absolute atomic E-state index is 0.0715. The number of amides is 1. The van der Waals surface area contributed by atoms with E-state index in [9.17, 15) is 14.7 Å². The first-order valence-electron chi connectivity index (χ1n) is 7.88. The van der Waals surface area contributed by atoms with Gasteiger partial charge in [0.15, 0.2) is 6.04 Å². The van der Waals surface area contributed by atoms with Crippen LogP contribution < -0.4 is 5.32 Å². The van der Waals surface area contributed by atoms with Crippen LogP contribution in [0.4, 0.5) is 0 Å². The molecule has 0 aliphatic heterocycles. The Morgan fingerprint density at radius 1 is 1.30 bits per heavy atom. The molecule has 23 heavy (non-hydrogen) atoms. The first-order chi connectivity index (χ1) is 11.1. The van der Waals surface area contributed by atoms with Gasteiger partial charge in [0.1, 0.15) is 0 Å². The Bertz CT molecular complexity index is 549. The number of carbonyl (C=O) groups is 2. The van der Waals surface area contributed by atoms with Crippen molar-refractivity contribution in [3.63, 3.8) is 0 Å². The van der Waals surface area contributed by atoms with Crippen LogP contribution in [0.3, 0.4) is 0 Å². The Balaban J connectivity index is 2.14. The Kier molecular flexibility index (Phi) is 5.93. The molecular weight excluding hydrogens is 294 g/mol. The second kappa shape index (κ2) is 7.92. The first kappa shape index (κ1) is 17.2. The largest absolute Gasteiger partial charge is 0.480 e. The summed E-state index contributed by atoms with van der Waals surface area (Å²) in [5.41, 5.74) is 0.319. The highest BCUT2D eigenvalue weighted by atomic mass is 16.5. The van der Waals surface area contributed by atoms with E-state index in [0.29, 0.717) is 0 Å². The maximum absolute atomic E-state index is 12.9. The summed E-state index contributed by atoms with van der Waals surface area (Å²) >= 11 is 0. The van der Waals surface area contributed by atoms with Gasteiger partial charge in [-0.25, -0.2) is 4.79 Å². The zero-order chi connectivity index (χ0) is 16.7. The van der Waals surface area contributed by atoms with Crippen molar-refractivity contribution < 1.29 is 19.4 Å². The zero-order valence-corrected chi connectivity index (χ0v) is 13.2. The number of hydrogen-bond acceptors (Lipinski definition) is 3. The molecule has 0 spiro atoms. The molecule has 1 unspecified atom stereocenters. The first-order valence-corrected chi connectivity index (χ1v) is 7.88. The van der Waals surface area contributed by atoms with Crippen LogP contribution in [0, 0.1) is 0 Å². The van der Waals surface area contributed by atoms with Gasteiger partial charge in [0, 0.05) is 0 Å². The van der Waals surface area contributed by atoms with Gasteiger partial charge < -0.3 is 15.2 Å². The number of nitrogens with one attached hydrogen (secondary N) is 1. The molecule has 1 fully saturated rings. The zero-order valence-electron chi connectivity index (χ0n) is 13.2. The molecule has 0 aromatic heterocycles. The molecule has 5 heteroatoms. The van der Waals surface area contributed by atoms with Crippen LogP contribution in [0.25, 0.3) is 0 Å². The summed E-state index contributed by atoms with van der Waals surface area (Å²) in [4.78, 5) is 24.2. The van der Waals surface area contributed by atoms with Crippen molar-refractivity contribution in [2.75, 3.05) is 13.2 Å². The molecule has 124 valence electrons. The lowest BCUT2D eigenvalue weighted by molar-refractivity contribution is -0.144. The fourth-order valence-electron chi connectivity index (χ4n) is 3.12. The van der Waals surface area contributed by atoms with Gasteiger partial charge in [0.05, 0.1) is 18.6 Å². The number of hydrogen-bond donors (Lipinski definition) is 2. The average molecular weight is 317 g/mol. The molecule has 2 N–H and O–H groups in total. The molecule has 0 heterocycles.